The Bertz CT molecular complexity index is 909. The van der Waals surface area contributed by atoms with Crippen LogP contribution in [-0.4, -0.2) is 26.8 Å². The summed E-state index contributed by atoms with van der Waals surface area (Å²) in [6.45, 7) is 0.198. The number of carbonyl (C=O) groups excluding carboxylic acids is 1. The highest BCUT2D eigenvalue weighted by Gasteiger charge is 2.23. The normalized spacial score (nSPS) is 11.9. The Morgan fingerprint density at radius 3 is 2.62 bits per heavy atom. The fraction of sp³-hybridized carbons (Fsp3) is 0.125. The van der Waals surface area contributed by atoms with Crippen LogP contribution < -0.4 is 5.73 Å². The van der Waals surface area contributed by atoms with Crippen molar-refractivity contribution in [1.29, 1.82) is 0 Å². The van der Waals surface area contributed by atoms with E-state index in [1.807, 2.05) is 22.9 Å². The Morgan fingerprint density at radius 2 is 2.04 bits per heavy atom. The predicted molar refractivity (Wildman–Crippen MR) is 106 cm³/mol. The number of hydrogen-bond donors (Lipinski definition) is 2. The van der Waals surface area contributed by atoms with Gasteiger partial charge in [-0.15, -0.1) is 22.7 Å². The second-order valence-corrected chi connectivity index (χ2v) is 7.67. The van der Waals surface area contributed by atoms with Crippen molar-refractivity contribution in [3.63, 3.8) is 0 Å². The molecule has 0 aliphatic heterocycles. The van der Waals surface area contributed by atoms with Gasteiger partial charge in [0, 0.05) is 30.0 Å². The molecule has 0 saturated heterocycles. The predicted octanol–water partition coefficient (Wildman–Crippen LogP) is 4.14. The molecule has 2 N–H and O–H groups in total. The summed E-state index contributed by atoms with van der Waals surface area (Å²) in [5.41, 5.74) is 6.84. The lowest BCUT2D eigenvalue weighted by Crippen LogP contribution is -2.31. The van der Waals surface area contributed by atoms with E-state index in [0.717, 1.165) is 25.4 Å². The highest BCUT2D eigenvalue weighted by molar-refractivity contribution is 7.78. The number of primary amides is 1. The van der Waals surface area contributed by atoms with Gasteiger partial charge in [-0.2, -0.15) is 0 Å². The van der Waals surface area contributed by atoms with E-state index in [0.29, 0.717) is 0 Å². The van der Waals surface area contributed by atoms with Gasteiger partial charge in [0.05, 0.1) is 15.5 Å². The third-order valence-electron chi connectivity index (χ3n) is 3.73. The Morgan fingerprint density at radius 1 is 1.31 bits per heavy atom. The number of nitro groups is 1. The number of hydrogen-bond acceptors (Lipinski definition) is 7. The van der Waals surface area contributed by atoms with Crippen LogP contribution in [0.2, 0.25) is 0 Å². The first-order valence-corrected chi connectivity index (χ1v) is 9.61. The fourth-order valence-corrected chi connectivity index (χ4v) is 4.27. The molecule has 0 spiro atoms. The highest BCUT2D eigenvalue weighted by atomic mass is 32.1. The third-order valence-corrected chi connectivity index (χ3v) is 5.99. The number of carbonyl (C=O) groups is 1. The van der Waals surface area contributed by atoms with Gasteiger partial charge >= 0.3 is 6.03 Å². The Balaban J connectivity index is 1.95. The van der Waals surface area contributed by atoms with Gasteiger partial charge in [-0.1, -0.05) is 31.0 Å². The van der Waals surface area contributed by atoms with E-state index in [4.69, 9.17) is 5.73 Å². The van der Waals surface area contributed by atoms with E-state index in [-0.39, 0.29) is 18.2 Å². The summed E-state index contributed by atoms with van der Waals surface area (Å²) < 4.78 is 1.11. The number of nitro benzene ring substituents is 1. The lowest BCUT2D eigenvalue weighted by atomic mass is 9.96. The molecule has 0 unspecified atom stereocenters. The molecule has 0 aliphatic carbocycles. The largest absolute Gasteiger partial charge is 0.351 e. The average Bonchev–Trinajstić information content (AvgIpc) is 3.30. The number of nitrogens with two attached hydrogens (primary N) is 1. The molecule has 2 aromatic heterocycles. The van der Waals surface area contributed by atoms with Gasteiger partial charge in [0.2, 0.25) is 0 Å². The molecular formula is C16H14N4O3S3. The summed E-state index contributed by atoms with van der Waals surface area (Å²) in [5.74, 6) is -0.300. The molecule has 0 saturated carbocycles. The van der Waals surface area contributed by atoms with Crippen LogP contribution in [0.5, 0.6) is 0 Å². The van der Waals surface area contributed by atoms with Crippen molar-refractivity contribution in [1.82, 2.24) is 9.29 Å². The SMILES string of the molecule is NC(=O)N(S)C[C@@H](c1ccc([N+](=O)[O-])cc1)c1csc(-c2cccs2)n1. The first kappa shape index (κ1) is 18.4. The fourth-order valence-electron chi connectivity index (χ4n) is 2.42. The molecule has 3 rings (SSSR count). The van der Waals surface area contributed by atoms with Crippen LogP contribution in [0.25, 0.3) is 9.88 Å². The number of amides is 2. The minimum absolute atomic E-state index is 0.00248. The Kier molecular flexibility index (Phi) is 5.55. The Hall–Kier alpha value is -2.43. The van der Waals surface area contributed by atoms with Crippen LogP contribution in [0.3, 0.4) is 0 Å². The number of aromatic nitrogens is 1. The zero-order valence-electron chi connectivity index (χ0n) is 13.3. The van der Waals surface area contributed by atoms with E-state index >= 15 is 0 Å². The van der Waals surface area contributed by atoms with Crippen LogP contribution in [0.4, 0.5) is 10.5 Å². The summed E-state index contributed by atoms with van der Waals surface area (Å²) in [4.78, 5) is 27.6. The Labute approximate surface area is 162 Å². The zero-order chi connectivity index (χ0) is 18.7. The van der Waals surface area contributed by atoms with Crippen LogP contribution in [0, 0.1) is 10.1 Å². The van der Waals surface area contributed by atoms with Gasteiger partial charge in [-0.05, 0) is 17.0 Å². The highest BCUT2D eigenvalue weighted by Crippen LogP contribution is 2.33. The average molecular weight is 407 g/mol. The number of thiazole rings is 1. The topological polar surface area (TPSA) is 102 Å². The molecule has 3 aromatic rings. The maximum absolute atomic E-state index is 11.4. The zero-order valence-corrected chi connectivity index (χ0v) is 15.8. The van der Waals surface area contributed by atoms with Gasteiger partial charge in [0.1, 0.15) is 5.01 Å². The van der Waals surface area contributed by atoms with E-state index in [1.165, 1.54) is 23.5 Å². The number of benzene rings is 1. The van der Waals surface area contributed by atoms with Gasteiger partial charge < -0.3 is 5.73 Å². The van der Waals surface area contributed by atoms with Crippen molar-refractivity contribution >= 4 is 47.2 Å². The molecule has 10 heteroatoms. The minimum Gasteiger partial charge on any atom is -0.351 e. The second kappa shape index (κ2) is 7.85. The quantitative estimate of drug-likeness (QED) is 0.365. The summed E-state index contributed by atoms with van der Waals surface area (Å²) in [6.07, 6.45) is 0. The van der Waals surface area contributed by atoms with E-state index in [2.05, 4.69) is 17.8 Å². The van der Waals surface area contributed by atoms with Crippen LogP contribution in [0.1, 0.15) is 17.2 Å². The first-order valence-electron chi connectivity index (χ1n) is 7.45. The molecule has 0 aliphatic rings. The molecule has 0 fully saturated rings. The molecule has 7 nitrogen and oxygen atoms in total. The molecule has 2 amide bonds. The number of rotatable bonds is 6. The van der Waals surface area contributed by atoms with Gasteiger partial charge in [0.25, 0.3) is 5.69 Å². The molecule has 0 bridgehead atoms. The van der Waals surface area contributed by atoms with Crippen molar-refractivity contribution in [3.8, 4) is 9.88 Å². The summed E-state index contributed by atoms with van der Waals surface area (Å²) in [7, 11) is 0. The number of thiophene rings is 1. The number of non-ortho nitro benzene ring substituents is 1. The smallest absolute Gasteiger partial charge is 0.324 e. The molecule has 134 valence electrons. The maximum atomic E-state index is 11.4. The molecule has 0 radical (unpaired) electrons. The van der Waals surface area contributed by atoms with Crippen molar-refractivity contribution < 1.29 is 9.72 Å². The molecule has 1 atom stereocenters. The van der Waals surface area contributed by atoms with Crippen LogP contribution >= 0.6 is 35.5 Å². The maximum Gasteiger partial charge on any atom is 0.324 e. The van der Waals surface area contributed by atoms with Crippen LogP contribution in [0.15, 0.2) is 47.2 Å². The van der Waals surface area contributed by atoms with E-state index < -0.39 is 11.0 Å². The van der Waals surface area contributed by atoms with Crippen LogP contribution in [-0.2, 0) is 0 Å². The van der Waals surface area contributed by atoms with Crippen molar-refractivity contribution in [3.05, 3.63) is 68.5 Å². The molecule has 26 heavy (non-hydrogen) atoms. The van der Waals surface area contributed by atoms with E-state index in [9.17, 15) is 14.9 Å². The third kappa shape index (κ3) is 4.03. The minimum atomic E-state index is -0.672. The number of nitrogens with zero attached hydrogens (tertiary/aromatic N) is 3. The monoisotopic (exact) mass is 406 g/mol. The summed E-state index contributed by atoms with van der Waals surface area (Å²) in [6, 6.07) is 9.46. The second-order valence-electron chi connectivity index (χ2n) is 5.38. The summed E-state index contributed by atoms with van der Waals surface area (Å²) in [5, 5.41) is 15.6. The van der Waals surface area contributed by atoms with Crippen molar-refractivity contribution in [2.45, 2.75) is 5.92 Å². The van der Waals surface area contributed by atoms with Crippen molar-refractivity contribution in [2.75, 3.05) is 6.54 Å². The van der Waals surface area contributed by atoms with Crippen molar-refractivity contribution in [2.24, 2.45) is 5.73 Å². The van der Waals surface area contributed by atoms with Gasteiger partial charge in [-0.25, -0.2) is 9.78 Å². The van der Waals surface area contributed by atoms with Gasteiger partial charge in [-0.3, -0.25) is 14.4 Å². The number of thiol groups is 1. The summed E-state index contributed by atoms with van der Waals surface area (Å²) >= 11 is 7.21. The number of urea groups is 1. The molecule has 2 heterocycles. The van der Waals surface area contributed by atoms with Gasteiger partial charge in [0.15, 0.2) is 0 Å². The molecule has 1 aromatic carbocycles. The lowest BCUT2D eigenvalue weighted by Gasteiger charge is -2.21. The first-order chi connectivity index (χ1) is 12.5. The molecular weight excluding hydrogens is 392 g/mol. The standard InChI is InChI=1S/C16H14N4O3S3/c17-16(21)19(24)8-12(10-3-5-11(6-4-10)20(22)23)13-9-26-15(18-13)14-2-1-7-25-14/h1-7,9,12,24H,8H2,(H2,17,21)/t12-/m0/s1. The lowest BCUT2D eigenvalue weighted by molar-refractivity contribution is -0.384. The van der Waals surface area contributed by atoms with E-state index in [1.54, 1.807) is 23.5 Å².